The molecule has 6 aromatic carbocycles. The first-order chi connectivity index (χ1) is 28.4. The molecular formula is C51H55N3O4. The highest BCUT2D eigenvalue weighted by molar-refractivity contribution is 5.78. The van der Waals surface area contributed by atoms with E-state index < -0.39 is 11.2 Å². The molecule has 1 aliphatic heterocycles. The maximum absolute atomic E-state index is 12.0. The molecule has 0 unspecified atom stereocenters. The summed E-state index contributed by atoms with van der Waals surface area (Å²) >= 11 is 0. The van der Waals surface area contributed by atoms with Crippen LogP contribution in [-0.2, 0) is 30.3 Å². The smallest absolute Gasteiger partial charge is 0.222 e. The number of carbonyl (C=O) groups excluding carboxylic acids is 2. The third-order valence-corrected chi connectivity index (χ3v) is 11.1. The van der Waals surface area contributed by atoms with Gasteiger partial charge in [-0.3, -0.25) is 9.59 Å². The van der Waals surface area contributed by atoms with Gasteiger partial charge in [-0.05, 0) is 53.3 Å². The van der Waals surface area contributed by atoms with Crippen LogP contribution in [0.25, 0.3) is 0 Å². The van der Waals surface area contributed by atoms with Gasteiger partial charge in [0.15, 0.2) is 0 Å². The highest BCUT2D eigenvalue weighted by Crippen LogP contribution is 2.42. The van der Waals surface area contributed by atoms with Crippen molar-refractivity contribution in [1.82, 2.24) is 15.5 Å². The minimum Gasteiger partial charge on any atom is -0.359 e. The first-order valence-corrected chi connectivity index (χ1v) is 20.2. The van der Waals surface area contributed by atoms with Gasteiger partial charge in [0.05, 0.1) is 19.3 Å². The number of nitrogens with zero attached hydrogens (tertiary/aromatic N) is 1. The zero-order chi connectivity index (χ0) is 40.6. The number of rotatable bonds is 16. The fourth-order valence-corrected chi connectivity index (χ4v) is 7.78. The minimum atomic E-state index is -0.744. The van der Waals surface area contributed by atoms with Gasteiger partial charge in [-0.15, -0.1) is 0 Å². The van der Waals surface area contributed by atoms with Crippen molar-refractivity contribution in [1.29, 1.82) is 0 Å². The standard InChI is InChI=1S/C26H30N2O2.C25H25NO2/c1-27-24(18-19-25(29)28-2)20-30-26(21-12-6-3-7-13-21,22-14-8-4-9-15-22)23-16-10-5-11-17-23;1-26-23(17-18-24(26)27)19-28-25(20-11-5-2-6-12-20,21-13-7-3-8-14-21)22-15-9-4-10-16-22/h3-17,24,27H,18-20H2,1-2H3,(H,28,29);2-16,23H,17-19H2,1H3/t24-;23-/m00/s1. The van der Waals surface area contributed by atoms with Crippen molar-refractivity contribution in [2.45, 2.75) is 49.0 Å². The van der Waals surface area contributed by atoms with Gasteiger partial charge in [0.25, 0.3) is 0 Å². The molecule has 0 radical (unpaired) electrons. The molecule has 0 aliphatic carbocycles. The summed E-state index contributed by atoms with van der Waals surface area (Å²) < 4.78 is 13.6. The fraction of sp³-hybridized carbons (Fsp3) is 0.255. The molecule has 0 bridgehead atoms. The molecule has 0 saturated carbocycles. The molecule has 298 valence electrons. The third kappa shape index (κ3) is 9.63. The molecule has 2 atom stereocenters. The van der Waals surface area contributed by atoms with Crippen LogP contribution in [0.4, 0.5) is 0 Å². The number of amides is 2. The first kappa shape index (κ1) is 41.8. The summed E-state index contributed by atoms with van der Waals surface area (Å²) in [6.07, 6.45) is 2.59. The van der Waals surface area contributed by atoms with Crippen LogP contribution < -0.4 is 10.6 Å². The Labute approximate surface area is 344 Å². The van der Waals surface area contributed by atoms with Gasteiger partial charge in [-0.25, -0.2) is 0 Å². The van der Waals surface area contributed by atoms with E-state index in [4.69, 9.17) is 9.47 Å². The largest absolute Gasteiger partial charge is 0.359 e. The van der Waals surface area contributed by atoms with E-state index in [9.17, 15) is 9.59 Å². The molecule has 0 aromatic heterocycles. The van der Waals surface area contributed by atoms with Crippen molar-refractivity contribution in [3.63, 3.8) is 0 Å². The van der Waals surface area contributed by atoms with Gasteiger partial charge >= 0.3 is 0 Å². The van der Waals surface area contributed by atoms with Crippen LogP contribution in [0.15, 0.2) is 182 Å². The van der Waals surface area contributed by atoms with E-state index >= 15 is 0 Å². The molecular weight excluding hydrogens is 719 g/mol. The van der Waals surface area contributed by atoms with Crippen LogP contribution in [0.3, 0.4) is 0 Å². The highest BCUT2D eigenvalue weighted by atomic mass is 16.5. The number of benzene rings is 6. The average molecular weight is 774 g/mol. The Bertz CT molecular complexity index is 1930. The van der Waals surface area contributed by atoms with Gasteiger partial charge in [0.1, 0.15) is 11.2 Å². The van der Waals surface area contributed by atoms with Crippen LogP contribution in [0.1, 0.15) is 59.1 Å². The van der Waals surface area contributed by atoms with Crippen LogP contribution in [0, 0.1) is 0 Å². The SMILES string of the molecule is CN1C(=O)CC[C@H]1COC(c1ccccc1)(c1ccccc1)c1ccccc1.CNC(=O)CC[C@@H](COC(c1ccccc1)(c1ccccc1)c1ccccc1)NC. The molecule has 1 saturated heterocycles. The molecule has 2 N–H and O–H groups in total. The molecule has 7 heteroatoms. The van der Waals surface area contributed by atoms with E-state index in [1.54, 1.807) is 7.05 Å². The Kier molecular flexibility index (Phi) is 14.8. The summed E-state index contributed by atoms with van der Waals surface area (Å²) in [6, 6.07) is 62.1. The maximum Gasteiger partial charge on any atom is 0.222 e. The van der Waals surface area contributed by atoms with E-state index in [0.29, 0.717) is 32.5 Å². The van der Waals surface area contributed by atoms with Crippen LogP contribution in [0.2, 0.25) is 0 Å². The lowest BCUT2D eigenvalue weighted by atomic mass is 9.80. The predicted molar refractivity (Wildman–Crippen MR) is 232 cm³/mol. The van der Waals surface area contributed by atoms with Crippen molar-refractivity contribution >= 4 is 11.8 Å². The fourth-order valence-electron chi connectivity index (χ4n) is 7.78. The lowest BCUT2D eigenvalue weighted by Gasteiger charge is -2.37. The molecule has 6 aromatic rings. The second-order valence-electron chi connectivity index (χ2n) is 14.6. The van der Waals surface area contributed by atoms with Gasteiger partial charge < -0.3 is 25.0 Å². The lowest BCUT2D eigenvalue weighted by Crippen LogP contribution is -2.39. The molecule has 58 heavy (non-hydrogen) atoms. The van der Waals surface area contributed by atoms with Crippen LogP contribution in [-0.4, -0.2) is 63.2 Å². The van der Waals surface area contributed by atoms with Crippen molar-refractivity contribution in [3.05, 3.63) is 215 Å². The Hall–Kier alpha value is -5.86. The van der Waals surface area contributed by atoms with E-state index in [2.05, 4.69) is 83.4 Å². The summed E-state index contributed by atoms with van der Waals surface area (Å²) in [5.74, 6) is 0.231. The summed E-state index contributed by atoms with van der Waals surface area (Å²) in [4.78, 5) is 25.5. The van der Waals surface area contributed by atoms with Gasteiger partial charge in [0, 0.05) is 33.0 Å². The van der Waals surface area contributed by atoms with E-state index in [1.165, 1.54) is 0 Å². The monoisotopic (exact) mass is 773 g/mol. The lowest BCUT2D eigenvalue weighted by molar-refractivity contribution is -0.129. The van der Waals surface area contributed by atoms with Gasteiger partial charge in [-0.2, -0.15) is 0 Å². The maximum atomic E-state index is 12.0. The number of hydrogen-bond donors (Lipinski definition) is 2. The van der Waals surface area contributed by atoms with E-state index in [-0.39, 0.29) is 23.9 Å². The second-order valence-corrected chi connectivity index (χ2v) is 14.6. The molecule has 7 rings (SSSR count). The van der Waals surface area contributed by atoms with Crippen LogP contribution >= 0.6 is 0 Å². The zero-order valence-corrected chi connectivity index (χ0v) is 33.8. The number of ether oxygens (including phenoxy) is 2. The quantitative estimate of drug-likeness (QED) is 0.0963. The van der Waals surface area contributed by atoms with Crippen molar-refractivity contribution in [2.24, 2.45) is 0 Å². The molecule has 2 amide bonds. The summed E-state index contributed by atoms with van der Waals surface area (Å²) in [5.41, 5.74) is 5.00. The highest BCUT2D eigenvalue weighted by Gasteiger charge is 2.40. The molecule has 1 heterocycles. The molecule has 1 aliphatic rings. The molecule has 0 spiro atoms. The van der Waals surface area contributed by atoms with Gasteiger partial charge in [-0.1, -0.05) is 182 Å². The Morgan fingerprint density at radius 2 is 0.948 bits per heavy atom. The number of hydrogen-bond acceptors (Lipinski definition) is 5. The second kappa shape index (κ2) is 20.5. The number of carbonyl (C=O) groups is 2. The van der Waals surface area contributed by atoms with Crippen molar-refractivity contribution in [3.8, 4) is 0 Å². The van der Waals surface area contributed by atoms with Crippen LogP contribution in [0.5, 0.6) is 0 Å². The summed E-state index contributed by atoms with van der Waals surface area (Å²) in [6.45, 7) is 0.951. The summed E-state index contributed by atoms with van der Waals surface area (Å²) in [7, 11) is 5.45. The van der Waals surface area contributed by atoms with E-state index in [0.717, 1.165) is 39.8 Å². The summed E-state index contributed by atoms with van der Waals surface area (Å²) in [5, 5.41) is 5.99. The average Bonchev–Trinajstić information content (AvgIpc) is 3.62. The molecule has 1 fully saturated rings. The number of likely N-dealkylation sites (N-methyl/N-ethyl adjacent to an activating group) is 2. The Balaban J connectivity index is 0.000000196. The van der Waals surface area contributed by atoms with Crippen molar-refractivity contribution in [2.75, 3.05) is 34.4 Å². The third-order valence-electron chi connectivity index (χ3n) is 11.1. The van der Waals surface area contributed by atoms with E-state index in [1.807, 2.05) is 128 Å². The zero-order valence-electron chi connectivity index (χ0n) is 33.8. The Morgan fingerprint density at radius 1 is 0.603 bits per heavy atom. The predicted octanol–water partition coefficient (Wildman–Crippen LogP) is 8.73. The first-order valence-electron chi connectivity index (χ1n) is 20.2. The molecule has 7 nitrogen and oxygen atoms in total. The van der Waals surface area contributed by atoms with Crippen molar-refractivity contribution < 1.29 is 19.1 Å². The minimum absolute atomic E-state index is 0.0377. The normalized spacial score (nSPS) is 14.6. The topological polar surface area (TPSA) is 79.9 Å². The Morgan fingerprint density at radius 3 is 1.24 bits per heavy atom. The number of likely N-dealkylation sites (tertiary alicyclic amines) is 1. The number of nitrogens with one attached hydrogen (secondary N) is 2. The van der Waals surface area contributed by atoms with Gasteiger partial charge in [0.2, 0.25) is 11.8 Å².